The van der Waals surface area contributed by atoms with Crippen molar-refractivity contribution in [1.29, 1.82) is 0 Å². The van der Waals surface area contributed by atoms with Gasteiger partial charge < -0.3 is 10.2 Å². The van der Waals surface area contributed by atoms with Crippen LogP contribution in [0.1, 0.15) is 30.3 Å². The Kier molecular flexibility index (Phi) is 6.87. The number of aromatic nitrogens is 1. The highest BCUT2D eigenvalue weighted by Gasteiger charge is 2.28. The van der Waals surface area contributed by atoms with Crippen LogP contribution in [0.3, 0.4) is 0 Å². The topological polar surface area (TPSA) is 45.2 Å². The van der Waals surface area contributed by atoms with E-state index in [1.54, 1.807) is 5.38 Å². The molecule has 0 saturated carbocycles. The van der Waals surface area contributed by atoms with E-state index in [1.165, 1.54) is 18.2 Å². The van der Waals surface area contributed by atoms with Gasteiger partial charge in [-0.3, -0.25) is 4.79 Å². The Morgan fingerprint density at radius 2 is 2.12 bits per heavy atom. The molecule has 0 radical (unpaired) electrons. The monoisotopic (exact) mass is 387 g/mol. The Morgan fingerprint density at radius 1 is 1.40 bits per heavy atom. The minimum absolute atomic E-state index is 0. The van der Waals surface area contributed by atoms with E-state index in [1.807, 2.05) is 11.8 Å². The first-order valence-electron chi connectivity index (χ1n) is 8.03. The smallest absolute Gasteiger partial charge is 0.273 e. The summed E-state index contributed by atoms with van der Waals surface area (Å²) in [5.41, 5.74) is 0.0733. The lowest BCUT2D eigenvalue weighted by molar-refractivity contribution is 0.0687. The molecule has 1 N–H and O–H groups in total. The van der Waals surface area contributed by atoms with Crippen LogP contribution in [0, 0.1) is 11.6 Å². The first kappa shape index (κ1) is 19.8. The molecule has 1 aromatic heterocycles. The minimum atomic E-state index is -0.672. The molecule has 1 atom stereocenters. The average molecular weight is 388 g/mol. The fourth-order valence-corrected chi connectivity index (χ4v) is 3.77. The molecule has 25 heavy (non-hydrogen) atoms. The predicted molar refractivity (Wildman–Crippen MR) is 97.3 cm³/mol. The van der Waals surface area contributed by atoms with Crippen molar-refractivity contribution in [3.63, 3.8) is 0 Å². The number of amides is 1. The van der Waals surface area contributed by atoms with E-state index < -0.39 is 11.6 Å². The largest absolute Gasteiger partial charge is 0.333 e. The van der Waals surface area contributed by atoms with Crippen LogP contribution >= 0.6 is 23.7 Å². The lowest BCUT2D eigenvalue weighted by Crippen LogP contribution is -2.42. The van der Waals surface area contributed by atoms with Gasteiger partial charge in [-0.25, -0.2) is 13.8 Å². The maximum atomic E-state index is 13.9. The van der Waals surface area contributed by atoms with Gasteiger partial charge >= 0.3 is 0 Å². The van der Waals surface area contributed by atoms with Gasteiger partial charge in [0.15, 0.2) is 0 Å². The van der Waals surface area contributed by atoms with Gasteiger partial charge in [0, 0.05) is 24.5 Å². The van der Waals surface area contributed by atoms with Crippen LogP contribution < -0.4 is 5.32 Å². The lowest BCUT2D eigenvalue weighted by Gasteiger charge is -2.27. The summed E-state index contributed by atoms with van der Waals surface area (Å²) in [6.45, 7) is 4.32. The van der Waals surface area contributed by atoms with Gasteiger partial charge in [0.1, 0.15) is 22.3 Å². The number of nitrogens with one attached hydrogen (secondary N) is 1. The fraction of sp³-hybridized carbons (Fsp3) is 0.412. The van der Waals surface area contributed by atoms with Crippen LogP contribution in [0.2, 0.25) is 0 Å². The van der Waals surface area contributed by atoms with Crippen molar-refractivity contribution in [2.24, 2.45) is 0 Å². The summed E-state index contributed by atoms with van der Waals surface area (Å²) < 4.78 is 27.8. The molecule has 1 amide bonds. The van der Waals surface area contributed by atoms with E-state index in [4.69, 9.17) is 0 Å². The van der Waals surface area contributed by atoms with Crippen molar-refractivity contribution in [3.8, 4) is 10.6 Å². The minimum Gasteiger partial charge on any atom is -0.333 e. The second-order valence-electron chi connectivity index (χ2n) is 5.78. The first-order valence-corrected chi connectivity index (χ1v) is 8.91. The molecule has 2 heterocycles. The Hall–Kier alpha value is -1.57. The molecule has 136 valence electrons. The predicted octanol–water partition coefficient (Wildman–Crippen LogP) is 3.72. The summed E-state index contributed by atoms with van der Waals surface area (Å²) in [4.78, 5) is 18.8. The molecule has 1 aliphatic rings. The van der Waals surface area contributed by atoms with Crippen LogP contribution in [0.4, 0.5) is 8.78 Å². The third-order valence-electron chi connectivity index (χ3n) is 4.10. The van der Waals surface area contributed by atoms with Crippen molar-refractivity contribution >= 4 is 29.7 Å². The number of hydrogen-bond donors (Lipinski definition) is 1. The normalized spacial score (nSPS) is 16.5. The summed E-state index contributed by atoms with van der Waals surface area (Å²) in [5, 5.41) is 5.02. The van der Waals surface area contributed by atoms with Gasteiger partial charge in [-0.05, 0) is 31.5 Å². The van der Waals surface area contributed by atoms with E-state index in [2.05, 4.69) is 10.3 Å². The maximum absolute atomic E-state index is 13.9. The van der Waals surface area contributed by atoms with Gasteiger partial charge in [-0.15, -0.1) is 23.7 Å². The second kappa shape index (κ2) is 8.69. The Bertz CT molecular complexity index is 714. The number of nitrogens with zero attached hydrogens (tertiary/aromatic N) is 2. The van der Waals surface area contributed by atoms with Gasteiger partial charge in [0.2, 0.25) is 0 Å². The van der Waals surface area contributed by atoms with Crippen molar-refractivity contribution in [3.05, 3.63) is 40.9 Å². The zero-order valence-corrected chi connectivity index (χ0v) is 15.4. The molecule has 8 heteroatoms. The summed E-state index contributed by atoms with van der Waals surface area (Å²) >= 11 is 1.08. The highest BCUT2D eigenvalue weighted by Crippen LogP contribution is 2.29. The summed E-state index contributed by atoms with van der Waals surface area (Å²) in [6, 6.07) is 3.83. The third kappa shape index (κ3) is 4.16. The molecule has 3 rings (SSSR count). The maximum Gasteiger partial charge on any atom is 0.273 e. The summed E-state index contributed by atoms with van der Waals surface area (Å²) in [6.07, 6.45) is 1.76. The zero-order chi connectivity index (χ0) is 17.1. The van der Waals surface area contributed by atoms with Gasteiger partial charge in [0.25, 0.3) is 5.91 Å². The lowest BCUT2D eigenvalue weighted by atomic mass is 10.2. The SMILES string of the molecule is CCCN(C(=O)c1csc(-c2c(F)cccc2F)n1)C1CCNC1.Cl. The van der Waals surface area contributed by atoms with Crippen LogP contribution in [-0.2, 0) is 0 Å². The Labute approximate surface area is 155 Å². The van der Waals surface area contributed by atoms with Crippen LogP contribution in [-0.4, -0.2) is 41.5 Å². The van der Waals surface area contributed by atoms with Crippen molar-refractivity contribution in [2.45, 2.75) is 25.8 Å². The third-order valence-corrected chi connectivity index (χ3v) is 4.96. The van der Waals surface area contributed by atoms with Gasteiger partial charge in [-0.2, -0.15) is 0 Å². The van der Waals surface area contributed by atoms with Crippen LogP contribution in [0.15, 0.2) is 23.6 Å². The standard InChI is InChI=1S/C17H19F2N3OS.ClH/c1-2-8-22(11-6-7-20-9-11)17(23)14-10-24-16(21-14)15-12(18)4-3-5-13(15)19;/h3-5,10-11,20H,2,6-9H2,1H3;1H. The summed E-state index contributed by atoms with van der Waals surface area (Å²) in [5.74, 6) is -1.52. The van der Waals surface area contributed by atoms with Crippen LogP contribution in [0.5, 0.6) is 0 Å². The molecule has 1 aliphatic heterocycles. The number of halogens is 3. The van der Waals surface area contributed by atoms with Crippen molar-refractivity contribution < 1.29 is 13.6 Å². The number of carbonyl (C=O) groups is 1. The molecule has 4 nitrogen and oxygen atoms in total. The number of carbonyl (C=O) groups excluding carboxylic acids is 1. The number of benzene rings is 1. The van der Waals surface area contributed by atoms with Crippen molar-refractivity contribution in [1.82, 2.24) is 15.2 Å². The molecule has 1 aromatic carbocycles. The van der Waals surface area contributed by atoms with E-state index in [0.717, 1.165) is 37.3 Å². The fourth-order valence-electron chi connectivity index (χ4n) is 2.93. The number of rotatable bonds is 5. The first-order chi connectivity index (χ1) is 11.6. The van der Waals surface area contributed by atoms with E-state index in [-0.39, 0.29) is 40.6 Å². The molecule has 0 spiro atoms. The second-order valence-corrected chi connectivity index (χ2v) is 6.64. The van der Waals surface area contributed by atoms with Crippen molar-refractivity contribution in [2.75, 3.05) is 19.6 Å². The summed E-state index contributed by atoms with van der Waals surface area (Å²) in [7, 11) is 0. The molecule has 1 saturated heterocycles. The Balaban J connectivity index is 0.00000225. The zero-order valence-electron chi connectivity index (χ0n) is 13.8. The van der Waals surface area contributed by atoms with Crippen LogP contribution in [0.25, 0.3) is 10.6 Å². The highest BCUT2D eigenvalue weighted by molar-refractivity contribution is 7.13. The molecule has 2 aromatic rings. The highest BCUT2D eigenvalue weighted by atomic mass is 35.5. The molecular weight excluding hydrogens is 368 g/mol. The molecule has 1 fully saturated rings. The van der Waals surface area contributed by atoms with Gasteiger partial charge in [-0.1, -0.05) is 13.0 Å². The van der Waals surface area contributed by atoms with Gasteiger partial charge in [0.05, 0.1) is 5.56 Å². The van der Waals surface area contributed by atoms with E-state index >= 15 is 0 Å². The van der Waals surface area contributed by atoms with E-state index in [9.17, 15) is 13.6 Å². The number of hydrogen-bond acceptors (Lipinski definition) is 4. The average Bonchev–Trinajstić information content (AvgIpc) is 3.23. The molecule has 1 unspecified atom stereocenters. The molecule has 0 bridgehead atoms. The molecular formula is C17H20ClF2N3OS. The Morgan fingerprint density at radius 3 is 2.72 bits per heavy atom. The molecule has 0 aliphatic carbocycles. The quantitative estimate of drug-likeness (QED) is 0.850. The number of thiazole rings is 1. The van der Waals surface area contributed by atoms with E-state index in [0.29, 0.717) is 6.54 Å².